The van der Waals surface area contributed by atoms with E-state index < -0.39 is 11.6 Å². The minimum absolute atomic E-state index is 0.292. The molecule has 1 aromatic carbocycles. The third-order valence-electron chi connectivity index (χ3n) is 5.07. The van der Waals surface area contributed by atoms with E-state index in [1.54, 1.807) is 13.4 Å². The van der Waals surface area contributed by atoms with E-state index in [0.717, 1.165) is 23.0 Å². The Hall–Kier alpha value is -3.88. The standard InChI is InChI=1S/C23H22F2N6O/c1-13-9-20(19-7-8-21(23(28-19)32-4)31-11-14(2)26-12-31)29-30-22(13)27-15(3)16-5-6-17(24)18(25)10-16/h5-12,15H,1-4H3,(H,27,30). The summed E-state index contributed by atoms with van der Waals surface area (Å²) in [5.74, 6) is -0.779. The summed E-state index contributed by atoms with van der Waals surface area (Å²) in [6, 6.07) is 9.11. The van der Waals surface area contributed by atoms with E-state index >= 15 is 0 Å². The van der Waals surface area contributed by atoms with Crippen LogP contribution >= 0.6 is 0 Å². The Labute approximate surface area is 184 Å². The monoisotopic (exact) mass is 436 g/mol. The van der Waals surface area contributed by atoms with Crippen LogP contribution in [0, 0.1) is 25.5 Å². The molecule has 0 radical (unpaired) electrons. The van der Waals surface area contributed by atoms with Gasteiger partial charge in [-0.3, -0.25) is 0 Å². The Morgan fingerprint density at radius 3 is 2.47 bits per heavy atom. The van der Waals surface area contributed by atoms with Crippen LogP contribution in [0.4, 0.5) is 14.6 Å². The second kappa shape index (κ2) is 8.70. The normalized spacial score (nSPS) is 11.9. The summed E-state index contributed by atoms with van der Waals surface area (Å²) in [6.07, 6.45) is 3.59. The molecule has 0 spiro atoms. The SMILES string of the molecule is COc1nc(-c2cc(C)c(NC(C)c3ccc(F)c(F)c3)nn2)ccc1-n1cnc(C)c1. The number of nitrogens with zero attached hydrogens (tertiary/aromatic N) is 5. The molecule has 0 bridgehead atoms. The lowest BCUT2D eigenvalue weighted by atomic mass is 10.1. The van der Waals surface area contributed by atoms with Crippen LogP contribution < -0.4 is 10.1 Å². The fourth-order valence-corrected chi connectivity index (χ4v) is 3.30. The third-order valence-corrected chi connectivity index (χ3v) is 5.07. The maximum Gasteiger partial charge on any atom is 0.238 e. The van der Waals surface area contributed by atoms with Crippen LogP contribution in [0.25, 0.3) is 17.1 Å². The van der Waals surface area contributed by atoms with Gasteiger partial charge in [0.15, 0.2) is 17.5 Å². The van der Waals surface area contributed by atoms with Gasteiger partial charge in [0.1, 0.15) is 11.4 Å². The van der Waals surface area contributed by atoms with Crippen molar-refractivity contribution in [2.75, 3.05) is 12.4 Å². The zero-order chi connectivity index (χ0) is 22.8. The number of benzene rings is 1. The van der Waals surface area contributed by atoms with E-state index in [4.69, 9.17) is 4.74 Å². The van der Waals surface area contributed by atoms with E-state index in [9.17, 15) is 8.78 Å². The molecular formula is C23H22F2N6O. The highest BCUT2D eigenvalue weighted by atomic mass is 19.2. The predicted octanol–water partition coefficient (Wildman–Crippen LogP) is 4.80. The average molecular weight is 436 g/mol. The topological polar surface area (TPSA) is 77.8 Å². The molecule has 0 aliphatic rings. The van der Waals surface area contributed by atoms with Gasteiger partial charge in [-0.05, 0) is 62.2 Å². The highest BCUT2D eigenvalue weighted by molar-refractivity contribution is 5.61. The number of hydrogen-bond acceptors (Lipinski definition) is 6. The molecule has 0 amide bonds. The van der Waals surface area contributed by atoms with Crippen molar-refractivity contribution in [2.24, 2.45) is 0 Å². The first-order valence-corrected chi connectivity index (χ1v) is 9.98. The van der Waals surface area contributed by atoms with Crippen LogP contribution in [0.3, 0.4) is 0 Å². The van der Waals surface area contributed by atoms with Crippen molar-refractivity contribution in [3.05, 3.63) is 77.4 Å². The first kappa shape index (κ1) is 21.4. The van der Waals surface area contributed by atoms with E-state index in [0.29, 0.717) is 28.6 Å². The molecule has 0 fully saturated rings. The van der Waals surface area contributed by atoms with Gasteiger partial charge in [-0.15, -0.1) is 10.2 Å². The minimum atomic E-state index is -0.886. The second-order valence-corrected chi connectivity index (χ2v) is 7.45. The number of rotatable bonds is 6. The Morgan fingerprint density at radius 1 is 1.00 bits per heavy atom. The molecule has 0 saturated carbocycles. The van der Waals surface area contributed by atoms with E-state index in [2.05, 4.69) is 25.5 Å². The summed E-state index contributed by atoms with van der Waals surface area (Å²) >= 11 is 0. The lowest BCUT2D eigenvalue weighted by Crippen LogP contribution is -2.11. The molecule has 9 heteroatoms. The van der Waals surface area contributed by atoms with Gasteiger partial charge in [0.05, 0.1) is 30.9 Å². The molecule has 4 rings (SSSR count). The largest absolute Gasteiger partial charge is 0.479 e. The highest BCUT2D eigenvalue weighted by Gasteiger charge is 2.15. The Balaban J connectivity index is 1.58. The number of hydrogen-bond donors (Lipinski definition) is 1. The molecule has 1 atom stereocenters. The van der Waals surface area contributed by atoms with Gasteiger partial charge in [0, 0.05) is 6.20 Å². The van der Waals surface area contributed by atoms with Crippen molar-refractivity contribution >= 4 is 5.82 Å². The van der Waals surface area contributed by atoms with E-state index in [-0.39, 0.29) is 6.04 Å². The highest BCUT2D eigenvalue weighted by Crippen LogP contribution is 2.27. The molecule has 32 heavy (non-hydrogen) atoms. The van der Waals surface area contributed by atoms with Crippen LogP contribution in [-0.4, -0.2) is 31.8 Å². The van der Waals surface area contributed by atoms with Gasteiger partial charge < -0.3 is 14.6 Å². The van der Waals surface area contributed by atoms with Crippen LogP contribution in [-0.2, 0) is 0 Å². The number of imidazole rings is 1. The molecule has 0 aliphatic heterocycles. The van der Waals surface area contributed by atoms with Crippen LogP contribution in [0.2, 0.25) is 0 Å². The number of aromatic nitrogens is 5. The van der Waals surface area contributed by atoms with Crippen molar-refractivity contribution < 1.29 is 13.5 Å². The zero-order valence-corrected chi connectivity index (χ0v) is 18.1. The molecular weight excluding hydrogens is 414 g/mol. The van der Waals surface area contributed by atoms with Crippen molar-refractivity contribution in [3.8, 4) is 23.0 Å². The summed E-state index contributed by atoms with van der Waals surface area (Å²) in [5.41, 5.74) is 4.28. The van der Waals surface area contributed by atoms with E-state index in [1.807, 2.05) is 49.7 Å². The fraction of sp³-hybridized carbons (Fsp3) is 0.217. The predicted molar refractivity (Wildman–Crippen MR) is 117 cm³/mol. The molecule has 1 unspecified atom stereocenters. The van der Waals surface area contributed by atoms with Gasteiger partial charge >= 0.3 is 0 Å². The summed E-state index contributed by atoms with van der Waals surface area (Å²) in [7, 11) is 1.56. The average Bonchev–Trinajstić information content (AvgIpc) is 3.22. The van der Waals surface area contributed by atoms with Crippen LogP contribution in [0.5, 0.6) is 5.88 Å². The molecule has 7 nitrogen and oxygen atoms in total. The number of methoxy groups -OCH3 is 1. The lowest BCUT2D eigenvalue weighted by molar-refractivity contribution is 0.396. The Morgan fingerprint density at radius 2 is 1.81 bits per heavy atom. The number of halogens is 2. The lowest BCUT2D eigenvalue weighted by Gasteiger charge is -2.17. The molecule has 164 valence electrons. The third kappa shape index (κ3) is 4.27. The smallest absolute Gasteiger partial charge is 0.238 e. The molecule has 1 N–H and O–H groups in total. The quantitative estimate of drug-likeness (QED) is 0.468. The number of nitrogens with one attached hydrogen (secondary N) is 1. The number of pyridine rings is 1. The summed E-state index contributed by atoms with van der Waals surface area (Å²) in [5, 5.41) is 11.8. The van der Waals surface area contributed by atoms with Crippen molar-refractivity contribution in [1.82, 2.24) is 24.7 Å². The maximum atomic E-state index is 13.5. The molecule has 0 aliphatic carbocycles. The van der Waals surface area contributed by atoms with Crippen molar-refractivity contribution in [1.29, 1.82) is 0 Å². The fourth-order valence-electron chi connectivity index (χ4n) is 3.30. The first-order valence-electron chi connectivity index (χ1n) is 9.98. The van der Waals surface area contributed by atoms with Crippen molar-refractivity contribution in [3.63, 3.8) is 0 Å². The Kier molecular flexibility index (Phi) is 5.81. The van der Waals surface area contributed by atoms with Gasteiger partial charge in [0.2, 0.25) is 5.88 Å². The number of anilines is 1. The number of ether oxygens (including phenoxy) is 1. The summed E-state index contributed by atoms with van der Waals surface area (Å²) in [4.78, 5) is 8.81. The van der Waals surface area contributed by atoms with Crippen LogP contribution in [0.1, 0.15) is 29.8 Å². The molecule has 0 saturated heterocycles. The number of aryl methyl sites for hydroxylation is 2. The molecule has 3 aromatic heterocycles. The summed E-state index contributed by atoms with van der Waals surface area (Å²) in [6.45, 7) is 5.63. The Bertz CT molecular complexity index is 1270. The summed E-state index contributed by atoms with van der Waals surface area (Å²) < 4.78 is 34.1. The van der Waals surface area contributed by atoms with Crippen molar-refractivity contribution in [2.45, 2.75) is 26.8 Å². The van der Waals surface area contributed by atoms with E-state index in [1.165, 1.54) is 12.1 Å². The molecule has 4 aromatic rings. The molecule has 3 heterocycles. The second-order valence-electron chi connectivity index (χ2n) is 7.45. The van der Waals surface area contributed by atoms with Gasteiger partial charge in [-0.25, -0.2) is 18.7 Å². The van der Waals surface area contributed by atoms with Gasteiger partial charge in [-0.2, -0.15) is 0 Å². The zero-order valence-electron chi connectivity index (χ0n) is 18.1. The maximum absolute atomic E-state index is 13.5. The minimum Gasteiger partial charge on any atom is -0.479 e. The first-order chi connectivity index (χ1) is 15.4. The van der Waals surface area contributed by atoms with Gasteiger partial charge in [0.25, 0.3) is 0 Å². The van der Waals surface area contributed by atoms with Gasteiger partial charge in [-0.1, -0.05) is 6.07 Å². The van der Waals surface area contributed by atoms with Crippen LogP contribution in [0.15, 0.2) is 48.9 Å².